The van der Waals surface area contributed by atoms with Gasteiger partial charge in [-0.25, -0.2) is 0 Å². The summed E-state index contributed by atoms with van der Waals surface area (Å²) >= 11 is 0. The largest absolute Gasteiger partial charge is 0.383 e. The zero-order valence-electron chi connectivity index (χ0n) is 12.8. The summed E-state index contributed by atoms with van der Waals surface area (Å²) in [5.41, 5.74) is 7.59. The second-order valence-corrected chi connectivity index (χ2v) is 5.08. The molecule has 0 saturated heterocycles. The summed E-state index contributed by atoms with van der Waals surface area (Å²) in [5, 5.41) is 9.09. The standard InChI is InChI=1S/C16H19N3O3/c1-10-9-14(16(22)18-17-15(21)12(3)20)11(2)19(10)13-7-5-4-6-8-13/h4-9,12,20H,1-3H3,(H,17,21)(H,18,22). The molecule has 1 heterocycles. The first-order chi connectivity index (χ1) is 10.4. The summed E-state index contributed by atoms with van der Waals surface area (Å²) in [4.78, 5) is 23.4. The first-order valence-electron chi connectivity index (χ1n) is 6.94. The van der Waals surface area contributed by atoms with E-state index in [1.165, 1.54) is 6.92 Å². The van der Waals surface area contributed by atoms with Crippen LogP contribution in [0.2, 0.25) is 0 Å². The van der Waals surface area contributed by atoms with E-state index in [2.05, 4.69) is 10.9 Å². The molecule has 1 atom stereocenters. The van der Waals surface area contributed by atoms with Crippen LogP contribution in [0, 0.1) is 13.8 Å². The summed E-state index contributed by atoms with van der Waals surface area (Å²) in [7, 11) is 0. The highest BCUT2D eigenvalue weighted by molar-refractivity contribution is 5.97. The van der Waals surface area contributed by atoms with Gasteiger partial charge < -0.3 is 9.67 Å². The van der Waals surface area contributed by atoms with Crippen LogP contribution in [0.25, 0.3) is 5.69 Å². The molecule has 1 aromatic heterocycles. The Hall–Kier alpha value is -2.60. The average Bonchev–Trinajstić information content (AvgIpc) is 2.80. The van der Waals surface area contributed by atoms with Gasteiger partial charge in [-0.2, -0.15) is 0 Å². The lowest BCUT2D eigenvalue weighted by Crippen LogP contribution is -2.45. The molecule has 6 nitrogen and oxygen atoms in total. The van der Waals surface area contributed by atoms with Crippen molar-refractivity contribution in [2.45, 2.75) is 26.9 Å². The molecule has 0 aliphatic rings. The van der Waals surface area contributed by atoms with Gasteiger partial charge in [0, 0.05) is 17.1 Å². The van der Waals surface area contributed by atoms with Crippen molar-refractivity contribution in [1.82, 2.24) is 15.4 Å². The van der Waals surface area contributed by atoms with Crippen molar-refractivity contribution in [3.63, 3.8) is 0 Å². The second-order valence-electron chi connectivity index (χ2n) is 5.08. The molecule has 1 unspecified atom stereocenters. The fraction of sp³-hybridized carbons (Fsp3) is 0.250. The molecular weight excluding hydrogens is 282 g/mol. The Balaban J connectivity index is 2.23. The van der Waals surface area contributed by atoms with Gasteiger partial charge in [-0.3, -0.25) is 20.4 Å². The van der Waals surface area contributed by atoms with Crippen LogP contribution in [0.4, 0.5) is 0 Å². The summed E-state index contributed by atoms with van der Waals surface area (Å²) in [6.45, 7) is 5.07. The Morgan fingerprint density at radius 1 is 1.14 bits per heavy atom. The number of hydrazine groups is 1. The summed E-state index contributed by atoms with van der Waals surface area (Å²) < 4.78 is 1.96. The van der Waals surface area contributed by atoms with E-state index in [4.69, 9.17) is 5.11 Å². The van der Waals surface area contributed by atoms with Crippen molar-refractivity contribution in [2.75, 3.05) is 0 Å². The Morgan fingerprint density at radius 3 is 2.36 bits per heavy atom. The normalized spacial score (nSPS) is 11.8. The van der Waals surface area contributed by atoms with Crippen molar-refractivity contribution < 1.29 is 14.7 Å². The van der Waals surface area contributed by atoms with Crippen molar-refractivity contribution in [2.24, 2.45) is 0 Å². The second kappa shape index (κ2) is 6.44. The molecule has 2 aromatic rings. The quantitative estimate of drug-likeness (QED) is 0.746. The van der Waals surface area contributed by atoms with Gasteiger partial charge in [-0.15, -0.1) is 0 Å². The lowest BCUT2D eigenvalue weighted by Gasteiger charge is -2.11. The van der Waals surface area contributed by atoms with Gasteiger partial charge in [0.25, 0.3) is 11.8 Å². The molecule has 6 heteroatoms. The van der Waals surface area contributed by atoms with Gasteiger partial charge in [-0.1, -0.05) is 18.2 Å². The van der Waals surface area contributed by atoms with E-state index in [9.17, 15) is 9.59 Å². The smallest absolute Gasteiger partial charge is 0.271 e. The number of para-hydroxylation sites is 1. The number of amides is 2. The Morgan fingerprint density at radius 2 is 1.77 bits per heavy atom. The summed E-state index contributed by atoms with van der Waals surface area (Å²) in [6, 6.07) is 11.4. The van der Waals surface area contributed by atoms with E-state index in [0.29, 0.717) is 5.56 Å². The van der Waals surface area contributed by atoms with Gasteiger partial charge >= 0.3 is 0 Å². The molecule has 0 saturated carbocycles. The van der Waals surface area contributed by atoms with Crippen LogP contribution in [-0.4, -0.2) is 27.6 Å². The van der Waals surface area contributed by atoms with Crippen LogP contribution >= 0.6 is 0 Å². The van der Waals surface area contributed by atoms with E-state index in [1.54, 1.807) is 6.07 Å². The maximum atomic E-state index is 12.2. The number of hydrogen-bond donors (Lipinski definition) is 3. The molecule has 3 N–H and O–H groups in total. The Bertz CT molecular complexity index is 690. The minimum Gasteiger partial charge on any atom is -0.383 e. The molecule has 0 aliphatic carbocycles. The molecule has 0 fully saturated rings. The number of aromatic nitrogens is 1. The maximum absolute atomic E-state index is 12.2. The fourth-order valence-electron chi connectivity index (χ4n) is 2.26. The van der Waals surface area contributed by atoms with Crippen molar-refractivity contribution in [1.29, 1.82) is 0 Å². The van der Waals surface area contributed by atoms with Gasteiger partial charge in [0.2, 0.25) is 0 Å². The van der Waals surface area contributed by atoms with Gasteiger partial charge in [0.05, 0.1) is 5.56 Å². The molecule has 0 bridgehead atoms. The van der Waals surface area contributed by atoms with Gasteiger partial charge in [-0.05, 0) is 39.0 Å². The number of hydrogen-bond acceptors (Lipinski definition) is 3. The van der Waals surface area contributed by atoms with E-state index < -0.39 is 17.9 Å². The first kappa shape index (κ1) is 15.8. The molecule has 2 rings (SSSR count). The molecule has 0 radical (unpaired) electrons. The molecule has 1 aromatic carbocycles. The highest BCUT2D eigenvalue weighted by Crippen LogP contribution is 2.20. The highest BCUT2D eigenvalue weighted by atomic mass is 16.3. The zero-order chi connectivity index (χ0) is 16.3. The molecule has 22 heavy (non-hydrogen) atoms. The Labute approximate surface area is 128 Å². The van der Waals surface area contributed by atoms with Crippen LogP contribution in [0.1, 0.15) is 28.7 Å². The van der Waals surface area contributed by atoms with Crippen LogP contribution in [0.5, 0.6) is 0 Å². The van der Waals surface area contributed by atoms with Crippen molar-refractivity contribution in [3.8, 4) is 5.69 Å². The SMILES string of the molecule is Cc1cc(C(=O)NNC(=O)C(C)O)c(C)n1-c1ccccc1. The molecule has 116 valence electrons. The maximum Gasteiger partial charge on any atom is 0.271 e. The average molecular weight is 301 g/mol. The number of carbonyl (C=O) groups is 2. The number of aryl methyl sites for hydroxylation is 1. The highest BCUT2D eigenvalue weighted by Gasteiger charge is 2.17. The molecular formula is C16H19N3O3. The van der Waals surface area contributed by atoms with Crippen LogP contribution in [0.3, 0.4) is 0 Å². The van der Waals surface area contributed by atoms with Crippen molar-refractivity contribution >= 4 is 11.8 Å². The number of aliphatic hydroxyl groups is 1. The third kappa shape index (κ3) is 3.17. The van der Waals surface area contributed by atoms with E-state index in [-0.39, 0.29) is 0 Å². The molecule has 0 aliphatic heterocycles. The third-order valence-corrected chi connectivity index (χ3v) is 3.37. The van der Waals surface area contributed by atoms with Crippen LogP contribution in [0.15, 0.2) is 36.4 Å². The van der Waals surface area contributed by atoms with Gasteiger partial charge in [0.1, 0.15) is 6.10 Å². The minimum absolute atomic E-state index is 0.427. The first-order valence-corrected chi connectivity index (χ1v) is 6.94. The number of nitrogens with one attached hydrogen (secondary N) is 2. The van der Waals surface area contributed by atoms with E-state index in [0.717, 1.165) is 17.1 Å². The monoisotopic (exact) mass is 301 g/mol. The topological polar surface area (TPSA) is 83.4 Å². The van der Waals surface area contributed by atoms with Gasteiger partial charge in [0.15, 0.2) is 0 Å². The third-order valence-electron chi connectivity index (χ3n) is 3.37. The van der Waals surface area contributed by atoms with E-state index >= 15 is 0 Å². The fourth-order valence-corrected chi connectivity index (χ4v) is 2.26. The number of aliphatic hydroxyl groups excluding tert-OH is 1. The lowest BCUT2D eigenvalue weighted by atomic mass is 10.2. The summed E-state index contributed by atoms with van der Waals surface area (Å²) in [6.07, 6.45) is -1.18. The van der Waals surface area contributed by atoms with Crippen LogP contribution in [-0.2, 0) is 4.79 Å². The Kier molecular flexibility index (Phi) is 4.62. The molecule has 0 spiro atoms. The van der Waals surface area contributed by atoms with E-state index in [1.807, 2.05) is 48.7 Å². The van der Waals surface area contributed by atoms with Crippen LogP contribution < -0.4 is 10.9 Å². The predicted molar refractivity (Wildman–Crippen MR) is 82.5 cm³/mol. The molecule has 2 amide bonds. The summed E-state index contributed by atoms with van der Waals surface area (Å²) in [5.74, 6) is -1.09. The lowest BCUT2D eigenvalue weighted by molar-refractivity contribution is -0.129. The number of nitrogens with zero attached hydrogens (tertiary/aromatic N) is 1. The van der Waals surface area contributed by atoms with Crippen molar-refractivity contribution in [3.05, 3.63) is 53.3 Å². The zero-order valence-corrected chi connectivity index (χ0v) is 12.8. The number of rotatable bonds is 3. The number of benzene rings is 1. The minimum atomic E-state index is -1.18. The number of carbonyl (C=O) groups excluding carboxylic acids is 2. The predicted octanol–water partition coefficient (Wildman–Crippen LogP) is 1.24.